The Morgan fingerprint density at radius 2 is 0.782 bits per heavy atom. The van der Waals surface area contributed by atoms with Gasteiger partial charge in [0.05, 0.1) is 83.2 Å². The summed E-state index contributed by atoms with van der Waals surface area (Å²) < 4.78 is 96.1. The summed E-state index contributed by atoms with van der Waals surface area (Å²) in [7, 11) is 0. The lowest BCUT2D eigenvalue weighted by atomic mass is 9.86. The van der Waals surface area contributed by atoms with E-state index in [0.29, 0.717) is 163 Å². The molecule has 8 N–H and O–H groups in total. The molecule has 45 heteroatoms. The minimum atomic E-state index is -1.02. The van der Waals surface area contributed by atoms with E-state index in [0.717, 1.165) is 59.5 Å². The number of pyridine rings is 2. The van der Waals surface area contributed by atoms with E-state index in [1.54, 1.807) is 82.2 Å². The maximum atomic E-state index is 13.3. The molecular weight excluding hydrogens is 1890 g/mol. The molecule has 33 nitrogen and oxygen atoms in total. The van der Waals surface area contributed by atoms with Gasteiger partial charge in [-0.15, -0.1) is 0 Å². The van der Waals surface area contributed by atoms with Gasteiger partial charge in [0.15, 0.2) is 37.2 Å². The van der Waals surface area contributed by atoms with Gasteiger partial charge in [0, 0.05) is 149 Å². The number of nitrogens with one attached hydrogen (secondary N) is 5. The third-order valence-electron chi connectivity index (χ3n) is 20.5. The lowest BCUT2D eigenvalue weighted by Gasteiger charge is -2.38. The number of benzene rings is 5. The molecule has 10 aromatic heterocycles. The standard InChI is InChI=1S/C19H19FN4O2S.C15H16FN3O3S.C13H12FN3O2S.C11H7FN4OS.C7H5FN2S.C7H6N4O.C7H13NO2.C6H6BrN.3CH4.B/c1-12-3-2-8-21-16(12)19(26)6-9-24(10-7-19)18(25)23-17-22-14-5-4-13(20)11-15(14)27-17;16-10-1-2-11-12(9-10)23-13(17-11)18-14(20)19-5-3-15(4-6-19)21-7-8-22-15;14-8-1-2-10-11(7-8)20-12(15-10)16-13(19)17-5-3-9(18)4-6-17;12-7-1-2-8-9(5-7)18-10(14-8)15-11(17)16-4-3-13-6-16;8-4-1-2-5-6(3-4)11-7(9)10-5;12-7(10-3-1-8-5-10)11-4-2-9-6-11;1-3-8-4-2-7(1)9-5-6-10-7;1-5-3-2-4-8-6(5)7;;;;/h2-5,8,11,26H,6-7,9-10H2,1H3,(H,22,23,25);1-2,9H,3-8H2,(H,17,18,20);1-2,7H,3-6H2,(H,15,16,19);1-6H,(H,14,15,17);1-3H,(H2,9,10);1-6H;8H,1-6H2;2-4H,1H3;3*1H4;. The van der Waals surface area contributed by atoms with Crippen molar-refractivity contribution in [3.63, 3.8) is 0 Å². The number of urea groups is 3. The predicted octanol–water partition coefficient (Wildman–Crippen LogP) is 18.2. The molecule has 3 radical (unpaired) electrons. The largest absolute Gasteiger partial charge is 0.383 e. The Bertz CT molecular complexity index is 6290. The number of Topliss-reactive ketones (excluding diaryl/α,β-unsaturated/α-hetero) is 1. The second-order valence-electron chi connectivity index (χ2n) is 29.4. The Balaban J connectivity index is 0.000000161. The number of anilines is 5. The van der Waals surface area contributed by atoms with E-state index in [4.69, 9.17) is 24.7 Å². The predicted molar refractivity (Wildman–Crippen MR) is 511 cm³/mol. The number of nitrogens with zero attached hydrogens (tertiary/aromatic N) is 16. The summed E-state index contributed by atoms with van der Waals surface area (Å²) in [6, 6.07) is 28.2. The first-order chi connectivity index (χ1) is 62.3. The summed E-state index contributed by atoms with van der Waals surface area (Å²) >= 11 is 9.52. The average Bonchev–Trinajstić information content (AvgIpc) is 1.75. The van der Waals surface area contributed by atoms with Crippen LogP contribution in [-0.4, -0.2) is 218 Å². The maximum Gasteiger partial charge on any atom is 0.338 e. The van der Waals surface area contributed by atoms with Crippen LogP contribution < -0.4 is 32.3 Å². The molecule has 0 saturated carbocycles. The number of nitrogen functional groups attached to an aromatic ring is 1. The fourth-order valence-electron chi connectivity index (χ4n) is 13.8. The van der Waals surface area contributed by atoms with Gasteiger partial charge in [-0.2, -0.15) is 0 Å². The zero-order chi connectivity index (χ0) is 90.6. The molecule has 133 heavy (non-hydrogen) atoms. The molecule has 6 aliphatic rings. The van der Waals surface area contributed by atoms with Gasteiger partial charge < -0.3 is 49.8 Å². The van der Waals surface area contributed by atoms with Gasteiger partial charge in [-0.25, -0.2) is 90.8 Å². The highest BCUT2D eigenvalue weighted by atomic mass is 79.9. The number of ether oxygens (including phenoxy) is 4. The quantitative estimate of drug-likeness (QED) is 0.0478. The van der Waals surface area contributed by atoms with Crippen molar-refractivity contribution in [2.75, 3.05) is 106 Å². The number of nitrogens with two attached hydrogens (primary N) is 1. The highest BCUT2D eigenvalue weighted by Crippen LogP contribution is 2.37. The van der Waals surface area contributed by atoms with Crippen molar-refractivity contribution in [3.8, 4) is 0 Å². The Morgan fingerprint density at radius 3 is 1.14 bits per heavy atom. The zero-order valence-electron chi connectivity index (χ0n) is 69.6. The number of halogens is 6. The van der Waals surface area contributed by atoms with Gasteiger partial charge in [0.25, 0.3) is 0 Å². The van der Waals surface area contributed by atoms with Gasteiger partial charge in [0.1, 0.15) is 64.1 Å². The Morgan fingerprint density at radius 1 is 0.444 bits per heavy atom. The van der Waals surface area contributed by atoms with Crippen LogP contribution in [0.1, 0.15) is 90.5 Å². The average molecular weight is 1980 g/mol. The van der Waals surface area contributed by atoms with Crippen molar-refractivity contribution in [1.29, 1.82) is 0 Å². The fourth-order valence-corrected chi connectivity index (χ4v) is 18.3. The number of carbonyl (C=O) groups excluding carboxylic acids is 6. The highest BCUT2D eigenvalue weighted by molar-refractivity contribution is 9.10. The van der Waals surface area contributed by atoms with Crippen LogP contribution in [0.5, 0.6) is 0 Å². The summed E-state index contributed by atoms with van der Waals surface area (Å²) in [5.41, 5.74) is 10.6. The second kappa shape index (κ2) is 48.0. The highest BCUT2D eigenvalue weighted by Gasteiger charge is 2.42. The van der Waals surface area contributed by atoms with E-state index in [1.807, 2.05) is 38.1 Å². The number of thiazole rings is 5. The maximum absolute atomic E-state index is 13.3. The van der Waals surface area contributed by atoms with Crippen LogP contribution in [0, 0.1) is 42.9 Å². The van der Waals surface area contributed by atoms with Gasteiger partial charge in [-0.05, 0) is 157 Å². The number of fused-ring (bicyclic) bond motifs is 5. The Hall–Kier alpha value is -12.1. The summed E-state index contributed by atoms with van der Waals surface area (Å²) in [4.78, 5) is 117. The third-order valence-corrected chi connectivity index (χ3v) is 25.9. The van der Waals surface area contributed by atoms with Gasteiger partial charge >= 0.3 is 30.2 Å². The van der Waals surface area contributed by atoms with Crippen LogP contribution in [-0.2, 0) is 29.3 Å². The molecule has 0 atom stereocenters. The van der Waals surface area contributed by atoms with Crippen LogP contribution in [0.2, 0.25) is 0 Å². The number of amides is 7. The first-order valence-electron chi connectivity index (χ1n) is 40.3. The van der Waals surface area contributed by atoms with Crippen LogP contribution in [0.15, 0.2) is 188 Å². The van der Waals surface area contributed by atoms with Crippen LogP contribution in [0.3, 0.4) is 0 Å². The van der Waals surface area contributed by atoms with Gasteiger partial charge in [-0.3, -0.25) is 44.7 Å². The minimum absolute atomic E-state index is 0. The zero-order valence-corrected chi connectivity index (χ0v) is 75.3. The van der Waals surface area contributed by atoms with E-state index in [1.165, 1.54) is 168 Å². The molecule has 7 amide bonds. The van der Waals surface area contributed by atoms with E-state index >= 15 is 0 Å². The third kappa shape index (κ3) is 28.0. The molecule has 15 aromatic rings. The number of aliphatic hydroxyl groups is 1. The van der Waals surface area contributed by atoms with Crippen LogP contribution in [0.4, 0.5) is 71.6 Å². The van der Waals surface area contributed by atoms with Crippen molar-refractivity contribution in [3.05, 3.63) is 234 Å². The van der Waals surface area contributed by atoms with E-state index in [9.17, 15) is 55.8 Å². The number of aromatic nitrogens is 13. The molecule has 6 aliphatic heterocycles. The molecule has 0 bridgehead atoms. The summed E-state index contributed by atoms with van der Waals surface area (Å²) in [5, 5.41) is 27.4. The molecule has 5 aromatic carbocycles. The summed E-state index contributed by atoms with van der Waals surface area (Å²) in [6.07, 6.45) is 22.0. The Labute approximate surface area is 791 Å². The van der Waals surface area contributed by atoms with Crippen LogP contribution >= 0.6 is 72.6 Å². The van der Waals surface area contributed by atoms with E-state index in [2.05, 4.69) is 92.4 Å². The monoisotopic (exact) mass is 1980 g/mol. The normalized spacial score (nSPS) is 15.3. The number of likely N-dealkylation sites (tertiary alicyclic amines) is 3. The number of ketones is 1. The number of aryl methyl sites for hydroxylation is 2. The lowest BCUT2D eigenvalue weighted by Crippen LogP contribution is -2.48. The summed E-state index contributed by atoms with van der Waals surface area (Å²) in [5.74, 6) is -2.03. The second-order valence-corrected chi connectivity index (χ2v) is 35.3. The molecule has 21 rings (SSSR count). The van der Waals surface area contributed by atoms with Crippen molar-refractivity contribution >= 4 is 194 Å². The fraction of sp³-hybridized carbons (Fsp3) is 0.318. The smallest absolute Gasteiger partial charge is 0.338 e. The first kappa shape index (κ1) is 103. The molecule has 0 aliphatic carbocycles. The number of imidazole rings is 3. The molecular formula is C88H96BBrF5N22O11S5. The number of hydrogen-bond donors (Lipinski definition) is 7. The first-order valence-corrected chi connectivity index (χ1v) is 45.2. The topological polar surface area (TPSA) is 399 Å². The number of hydrogen-bond acceptors (Lipinski definition) is 28. The number of rotatable bonds is 5. The van der Waals surface area contributed by atoms with Crippen molar-refractivity contribution in [1.82, 2.24) is 83.6 Å². The molecule has 6 saturated heterocycles. The minimum Gasteiger partial charge on any atom is -0.383 e. The summed E-state index contributed by atoms with van der Waals surface area (Å²) in [6.45, 7) is 11.6. The van der Waals surface area contributed by atoms with Crippen LogP contribution in [0.25, 0.3) is 51.1 Å². The lowest BCUT2D eigenvalue weighted by molar-refractivity contribution is -0.181. The Kier molecular flexibility index (Phi) is 37.1. The van der Waals surface area contributed by atoms with Crippen molar-refractivity contribution < 1.29 is 74.8 Å². The van der Waals surface area contributed by atoms with E-state index in [-0.39, 0.29) is 102 Å². The molecule has 2 spiro atoms. The number of carbonyl (C=O) groups is 6. The van der Waals surface area contributed by atoms with E-state index < -0.39 is 11.4 Å². The molecule has 16 heterocycles. The molecule has 6 fully saturated rings. The van der Waals surface area contributed by atoms with Crippen molar-refractivity contribution in [2.45, 2.75) is 105 Å². The van der Waals surface area contributed by atoms with Gasteiger partial charge in [-0.1, -0.05) is 91.1 Å². The SMILES string of the molecule is C.C.C.C1CC2(CCN1)OCCO2.Cc1cccnc1Br.Cc1cccnc1C1(O)CCN(C(=O)Nc2nc3ccc(F)cc3s2)CC1.Nc1nc2ccc(F)cc2s1.O=C(Nc1nc2ccc(F)cc2s1)N1CCC2(CC1)OCCO2.O=C(Nc1nc2ccc(F)cc2s1)n1ccnc1.O=C(n1ccnc1)n1ccnc1.O=C1CCN(C(=O)Nc2nc3ccc(F)cc3s2)CC1.[B]. The molecule has 699 valence electrons. The molecule has 0 unspecified atom stereocenters. The number of piperidine rings is 4. The van der Waals surface area contributed by atoms with Gasteiger partial charge in [0.2, 0.25) is 0 Å². The van der Waals surface area contributed by atoms with Crippen molar-refractivity contribution in [2.24, 2.45) is 0 Å².